The van der Waals surface area contributed by atoms with E-state index in [9.17, 15) is 9.18 Å². The molecular formula is C28H25FN4O3. The number of hydrogen-bond donors (Lipinski definition) is 1. The van der Waals surface area contributed by atoms with Crippen molar-refractivity contribution in [2.75, 3.05) is 12.0 Å². The number of halogens is 1. The van der Waals surface area contributed by atoms with E-state index in [0.29, 0.717) is 28.4 Å². The third-order valence-corrected chi connectivity index (χ3v) is 6.25. The van der Waals surface area contributed by atoms with E-state index in [2.05, 4.69) is 22.4 Å². The number of amides is 2. The molecular weight excluding hydrogens is 459 g/mol. The fourth-order valence-electron chi connectivity index (χ4n) is 4.37. The van der Waals surface area contributed by atoms with Crippen molar-refractivity contribution in [3.63, 3.8) is 0 Å². The highest BCUT2D eigenvalue weighted by molar-refractivity contribution is 6.01. The first kappa shape index (κ1) is 23.3. The number of benzene rings is 3. The summed E-state index contributed by atoms with van der Waals surface area (Å²) >= 11 is 0. The molecule has 0 bridgehead atoms. The number of hydrogen-bond acceptors (Lipinski definition) is 5. The summed E-state index contributed by atoms with van der Waals surface area (Å²) in [6, 6.07) is 20.4. The summed E-state index contributed by atoms with van der Waals surface area (Å²) in [7, 11) is 1.59. The summed E-state index contributed by atoms with van der Waals surface area (Å²) in [5.41, 5.74) is 4.60. The normalized spacial score (nSPS) is 15.7. The molecule has 0 spiro atoms. The predicted octanol–water partition coefficient (Wildman–Crippen LogP) is 6.15. The number of aryl methyl sites for hydroxylation is 1. The van der Waals surface area contributed by atoms with E-state index >= 15 is 0 Å². The zero-order valence-corrected chi connectivity index (χ0v) is 20.2. The number of aromatic nitrogens is 2. The Bertz CT molecular complexity index is 1450. The molecule has 1 aliphatic heterocycles. The van der Waals surface area contributed by atoms with Crippen LogP contribution in [0.25, 0.3) is 17.0 Å². The molecule has 8 heteroatoms. The molecule has 0 saturated carbocycles. The highest BCUT2D eigenvalue weighted by Crippen LogP contribution is 2.40. The molecule has 7 nitrogen and oxygen atoms in total. The average molecular weight is 485 g/mol. The van der Waals surface area contributed by atoms with E-state index in [4.69, 9.17) is 9.26 Å². The van der Waals surface area contributed by atoms with E-state index < -0.39 is 6.04 Å². The van der Waals surface area contributed by atoms with Crippen LogP contribution in [0.2, 0.25) is 0 Å². The number of nitrogens with zero attached hydrogens (tertiary/aromatic N) is 3. The smallest absolute Gasteiger partial charge is 0.326 e. The van der Waals surface area contributed by atoms with Gasteiger partial charge in [-0.25, -0.2) is 9.18 Å². The standard InChI is InChI=1S/C28H25FN4O3/c1-4-18-7-5-9-22(15-18)33-17(2)24(25(30-28(33)34)20-8-6-10-23(16-20)35-3)27-31-26(32-36-27)19-11-13-21(29)14-12-19/h5-16,25H,4H2,1-3H3,(H,30,34). The number of nitrogens with one attached hydrogen (secondary N) is 1. The number of anilines is 1. The lowest BCUT2D eigenvalue weighted by Crippen LogP contribution is -2.46. The molecule has 1 aromatic heterocycles. The van der Waals surface area contributed by atoms with E-state index in [1.165, 1.54) is 12.1 Å². The van der Waals surface area contributed by atoms with Gasteiger partial charge in [-0.1, -0.05) is 36.3 Å². The fraction of sp³-hybridized carbons (Fsp3) is 0.179. The van der Waals surface area contributed by atoms with Crippen LogP contribution in [0.1, 0.15) is 36.9 Å². The largest absolute Gasteiger partial charge is 0.497 e. The Kier molecular flexibility index (Phi) is 6.25. The lowest BCUT2D eigenvalue weighted by atomic mass is 9.94. The quantitative estimate of drug-likeness (QED) is 0.355. The lowest BCUT2D eigenvalue weighted by Gasteiger charge is -2.35. The Morgan fingerprint density at radius 3 is 2.61 bits per heavy atom. The van der Waals surface area contributed by atoms with Gasteiger partial charge in [0.05, 0.1) is 24.4 Å². The van der Waals surface area contributed by atoms with Crippen LogP contribution in [0.3, 0.4) is 0 Å². The predicted molar refractivity (Wildman–Crippen MR) is 135 cm³/mol. The van der Waals surface area contributed by atoms with E-state index in [1.54, 1.807) is 24.1 Å². The second kappa shape index (κ2) is 9.65. The highest BCUT2D eigenvalue weighted by atomic mass is 19.1. The zero-order chi connectivity index (χ0) is 25.2. The highest BCUT2D eigenvalue weighted by Gasteiger charge is 2.36. The van der Waals surface area contributed by atoms with Gasteiger partial charge in [0.2, 0.25) is 5.82 Å². The second-order valence-electron chi connectivity index (χ2n) is 8.45. The number of carbonyl (C=O) groups is 1. The molecule has 182 valence electrons. The number of methoxy groups -OCH3 is 1. The first-order chi connectivity index (χ1) is 17.5. The summed E-state index contributed by atoms with van der Waals surface area (Å²) in [6.45, 7) is 3.93. The Balaban J connectivity index is 1.66. The van der Waals surface area contributed by atoms with Crippen molar-refractivity contribution < 1.29 is 18.4 Å². The van der Waals surface area contributed by atoms with Gasteiger partial charge in [-0.05, 0) is 73.0 Å². The third-order valence-electron chi connectivity index (χ3n) is 6.25. The molecule has 0 aliphatic carbocycles. The molecule has 1 atom stereocenters. The van der Waals surface area contributed by atoms with Crippen LogP contribution in [0.4, 0.5) is 14.9 Å². The number of allylic oxidation sites excluding steroid dienone is 1. The minimum Gasteiger partial charge on any atom is -0.497 e. The molecule has 3 aromatic carbocycles. The summed E-state index contributed by atoms with van der Waals surface area (Å²) < 4.78 is 24.5. The Labute approximate surface area is 208 Å². The Morgan fingerprint density at radius 2 is 1.86 bits per heavy atom. The van der Waals surface area contributed by atoms with Crippen LogP contribution in [-0.4, -0.2) is 23.3 Å². The van der Waals surface area contributed by atoms with Crippen molar-refractivity contribution in [2.45, 2.75) is 26.3 Å². The third kappa shape index (κ3) is 4.33. The molecule has 1 unspecified atom stereocenters. The van der Waals surface area contributed by atoms with Gasteiger partial charge in [0.25, 0.3) is 5.89 Å². The minimum atomic E-state index is -0.556. The van der Waals surface area contributed by atoms with Crippen molar-refractivity contribution in [3.8, 4) is 17.1 Å². The van der Waals surface area contributed by atoms with Gasteiger partial charge in [-0.2, -0.15) is 4.98 Å². The summed E-state index contributed by atoms with van der Waals surface area (Å²) in [4.78, 5) is 19.7. The maximum Gasteiger partial charge on any atom is 0.326 e. The molecule has 1 N–H and O–H groups in total. The lowest BCUT2D eigenvalue weighted by molar-refractivity contribution is 0.244. The van der Waals surface area contributed by atoms with E-state index in [0.717, 1.165) is 23.2 Å². The first-order valence-electron chi connectivity index (χ1n) is 11.6. The average Bonchev–Trinajstić information content (AvgIpc) is 3.38. The van der Waals surface area contributed by atoms with Gasteiger partial charge < -0.3 is 14.6 Å². The molecule has 0 fully saturated rings. The monoisotopic (exact) mass is 484 g/mol. The van der Waals surface area contributed by atoms with Gasteiger partial charge in [0.15, 0.2) is 0 Å². The maximum atomic E-state index is 13.4. The Hall–Kier alpha value is -4.46. The first-order valence-corrected chi connectivity index (χ1v) is 11.6. The SMILES string of the molecule is CCc1cccc(N2C(=O)NC(c3cccc(OC)c3)C(c3nc(-c4ccc(F)cc4)no3)=C2C)c1. The van der Waals surface area contributed by atoms with Gasteiger partial charge in [0.1, 0.15) is 11.6 Å². The van der Waals surface area contributed by atoms with Crippen molar-refractivity contribution in [1.82, 2.24) is 15.5 Å². The second-order valence-corrected chi connectivity index (χ2v) is 8.45. The molecule has 0 saturated heterocycles. The van der Waals surface area contributed by atoms with Crippen molar-refractivity contribution in [3.05, 3.63) is 101 Å². The molecule has 2 amide bonds. The Morgan fingerprint density at radius 1 is 1.08 bits per heavy atom. The number of rotatable bonds is 6. The molecule has 5 rings (SSSR count). The van der Waals surface area contributed by atoms with Crippen molar-refractivity contribution in [2.24, 2.45) is 0 Å². The van der Waals surface area contributed by atoms with Crippen LogP contribution in [0, 0.1) is 5.82 Å². The van der Waals surface area contributed by atoms with Crippen LogP contribution in [0.15, 0.2) is 83.0 Å². The molecule has 1 aliphatic rings. The van der Waals surface area contributed by atoms with Gasteiger partial charge in [-0.3, -0.25) is 4.90 Å². The zero-order valence-electron chi connectivity index (χ0n) is 20.2. The van der Waals surface area contributed by atoms with Crippen LogP contribution in [-0.2, 0) is 6.42 Å². The van der Waals surface area contributed by atoms with Gasteiger partial charge in [-0.15, -0.1) is 0 Å². The van der Waals surface area contributed by atoms with Crippen molar-refractivity contribution in [1.29, 1.82) is 0 Å². The minimum absolute atomic E-state index is 0.260. The van der Waals surface area contributed by atoms with Crippen LogP contribution in [0.5, 0.6) is 5.75 Å². The molecule has 0 radical (unpaired) electrons. The van der Waals surface area contributed by atoms with Crippen LogP contribution >= 0.6 is 0 Å². The number of ether oxygens (including phenoxy) is 1. The molecule has 4 aromatic rings. The molecule has 36 heavy (non-hydrogen) atoms. The fourth-order valence-corrected chi connectivity index (χ4v) is 4.37. The summed E-state index contributed by atoms with van der Waals surface area (Å²) in [6.07, 6.45) is 0.843. The van der Waals surface area contributed by atoms with Crippen molar-refractivity contribution >= 4 is 17.3 Å². The number of urea groups is 1. The molecule has 2 heterocycles. The van der Waals surface area contributed by atoms with Gasteiger partial charge in [0, 0.05) is 11.3 Å². The number of carbonyl (C=O) groups excluding carboxylic acids is 1. The van der Waals surface area contributed by atoms with E-state index in [-0.39, 0.29) is 17.7 Å². The van der Waals surface area contributed by atoms with Gasteiger partial charge >= 0.3 is 6.03 Å². The summed E-state index contributed by atoms with van der Waals surface area (Å²) in [5, 5.41) is 7.23. The summed E-state index contributed by atoms with van der Waals surface area (Å²) in [5.74, 6) is 0.899. The topological polar surface area (TPSA) is 80.5 Å². The maximum absolute atomic E-state index is 13.4. The van der Waals surface area contributed by atoms with E-state index in [1.807, 2.05) is 55.5 Å². The van der Waals surface area contributed by atoms with Crippen LogP contribution < -0.4 is 15.0 Å².